The highest BCUT2D eigenvalue weighted by atomic mass is 32.1. The van der Waals surface area contributed by atoms with Gasteiger partial charge in [-0.25, -0.2) is 0 Å². The van der Waals surface area contributed by atoms with Crippen LogP contribution in [0.3, 0.4) is 0 Å². The molecule has 5 heteroatoms. The summed E-state index contributed by atoms with van der Waals surface area (Å²) in [6.07, 6.45) is 2.24. The molecule has 0 aliphatic carbocycles. The summed E-state index contributed by atoms with van der Waals surface area (Å²) in [7, 11) is 1.95. The molecule has 2 N–H and O–H groups in total. The molecule has 110 valence electrons. The van der Waals surface area contributed by atoms with Crippen molar-refractivity contribution >= 4 is 11.3 Å². The van der Waals surface area contributed by atoms with Gasteiger partial charge in [0.1, 0.15) is 0 Å². The Morgan fingerprint density at radius 3 is 2.75 bits per heavy atom. The third-order valence-electron chi connectivity index (χ3n) is 3.72. The van der Waals surface area contributed by atoms with Crippen molar-refractivity contribution in [2.75, 3.05) is 0 Å². The van der Waals surface area contributed by atoms with E-state index in [-0.39, 0.29) is 18.2 Å². The van der Waals surface area contributed by atoms with Crippen LogP contribution in [0.25, 0.3) is 0 Å². The summed E-state index contributed by atoms with van der Waals surface area (Å²) in [5.41, 5.74) is 2.39. The third kappa shape index (κ3) is 3.48. The molecule has 2 rings (SSSR count). The number of hydrogen-bond acceptors (Lipinski definition) is 4. The number of aryl methyl sites for hydroxylation is 1. The Morgan fingerprint density at radius 1 is 1.45 bits per heavy atom. The lowest BCUT2D eigenvalue weighted by atomic mass is 10.1. The maximum atomic E-state index is 10.2. The van der Waals surface area contributed by atoms with E-state index in [1.54, 1.807) is 11.3 Å². The van der Waals surface area contributed by atoms with Crippen LogP contribution in [0.1, 0.15) is 48.5 Å². The molecular weight excluding hydrogens is 270 g/mol. The standard InChI is InChI=1S/C15H23N3OS/c1-10(8-14(19)15-6-5-7-20-15)17-11(2)13-9-16-18(4)12(13)3/h5-7,9-11,14,17,19H,8H2,1-4H3. The molecule has 0 aliphatic heterocycles. The number of nitrogens with one attached hydrogen (secondary N) is 1. The molecular formula is C15H23N3OS. The zero-order valence-corrected chi connectivity index (χ0v) is 13.3. The molecule has 0 spiro atoms. The Hall–Kier alpha value is -1.17. The number of aliphatic hydroxyl groups is 1. The van der Waals surface area contributed by atoms with Crippen molar-refractivity contribution in [3.8, 4) is 0 Å². The smallest absolute Gasteiger partial charge is 0.0896 e. The second-order valence-electron chi connectivity index (χ2n) is 5.37. The van der Waals surface area contributed by atoms with Crippen LogP contribution in [0, 0.1) is 6.92 Å². The van der Waals surface area contributed by atoms with Gasteiger partial charge in [0.2, 0.25) is 0 Å². The van der Waals surface area contributed by atoms with Crippen LogP contribution in [0.2, 0.25) is 0 Å². The van der Waals surface area contributed by atoms with Gasteiger partial charge >= 0.3 is 0 Å². The highest BCUT2D eigenvalue weighted by Gasteiger charge is 2.17. The van der Waals surface area contributed by atoms with Crippen LogP contribution in [0.5, 0.6) is 0 Å². The number of nitrogens with zero attached hydrogens (tertiary/aromatic N) is 2. The van der Waals surface area contributed by atoms with Gasteiger partial charge < -0.3 is 10.4 Å². The van der Waals surface area contributed by atoms with Crippen LogP contribution in [0.4, 0.5) is 0 Å². The van der Waals surface area contributed by atoms with E-state index < -0.39 is 0 Å². The molecule has 0 fully saturated rings. The summed E-state index contributed by atoms with van der Waals surface area (Å²) in [6, 6.07) is 4.43. The number of rotatable bonds is 6. The Bertz CT molecular complexity index is 535. The lowest BCUT2D eigenvalue weighted by Gasteiger charge is -2.22. The Morgan fingerprint density at radius 2 is 2.20 bits per heavy atom. The first-order valence-electron chi connectivity index (χ1n) is 6.95. The fourth-order valence-corrected chi connectivity index (χ4v) is 3.18. The van der Waals surface area contributed by atoms with Gasteiger partial charge in [0.05, 0.1) is 12.3 Å². The highest BCUT2D eigenvalue weighted by Crippen LogP contribution is 2.24. The molecule has 2 heterocycles. The second kappa shape index (κ2) is 6.52. The third-order valence-corrected chi connectivity index (χ3v) is 4.70. The Labute approximate surface area is 124 Å². The lowest BCUT2D eigenvalue weighted by molar-refractivity contribution is 0.155. The zero-order valence-electron chi connectivity index (χ0n) is 12.5. The fraction of sp³-hybridized carbons (Fsp3) is 0.533. The number of hydrogen-bond donors (Lipinski definition) is 2. The van der Waals surface area contributed by atoms with Gasteiger partial charge in [0.25, 0.3) is 0 Å². The summed E-state index contributed by atoms with van der Waals surface area (Å²) in [4.78, 5) is 1.03. The lowest BCUT2D eigenvalue weighted by Crippen LogP contribution is -2.30. The predicted octanol–water partition coefficient (Wildman–Crippen LogP) is 2.95. The average molecular weight is 293 g/mol. The van der Waals surface area contributed by atoms with Crippen molar-refractivity contribution in [1.82, 2.24) is 15.1 Å². The van der Waals surface area contributed by atoms with Crippen molar-refractivity contribution < 1.29 is 5.11 Å². The van der Waals surface area contributed by atoms with Crippen molar-refractivity contribution in [2.45, 2.75) is 45.4 Å². The molecule has 0 saturated heterocycles. The number of aromatic nitrogens is 2. The minimum absolute atomic E-state index is 0.231. The fourth-order valence-electron chi connectivity index (χ4n) is 2.46. The first-order valence-corrected chi connectivity index (χ1v) is 7.83. The van der Waals surface area contributed by atoms with Gasteiger partial charge in [0.15, 0.2) is 0 Å². The van der Waals surface area contributed by atoms with E-state index in [2.05, 4.69) is 31.2 Å². The van der Waals surface area contributed by atoms with Gasteiger partial charge in [-0.2, -0.15) is 5.10 Å². The van der Waals surface area contributed by atoms with E-state index in [0.717, 1.165) is 4.88 Å². The van der Waals surface area contributed by atoms with Gasteiger partial charge in [-0.05, 0) is 38.6 Å². The normalized spacial score (nSPS) is 16.1. The van der Waals surface area contributed by atoms with E-state index in [4.69, 9.17) is 0 Å². The molecule has 0 aliphatic rings. The Balaban J connectivity index is 1.91. The quantitative estimate of drug-likeness (QED) is 0.861. The van der Waals surface area contributed by atoms with E-state index >= 15 is 0 Å². The topological polar surface area (TPSA) is 50.1 Å². The first kappa shape index (κ1) is 15.2. The average Bonchev–Trinajstić information content (AvgIpc) is 3.01. The molecule has 0 aromatic carbocycles. The van der Waals surface area contributed by atoms with E-state index in [9.17, 15) is 5.11 Å². The molecule has 3 unspecified atom stereocenters. The monoisotopic (exact) mass is 293 g/mol. The largest absolute Gasteiger partial charge is 0.388 e. The minimum Gasteiger partial charge on any atom is -0.388 e. The van der Waals surface area contributed by atoms with Crippen LogP contribution in [-0.2, 0) is 7.05 Å². The summed E-state index contributed by atoms with van der Waals surface area (Å²) >= 11 is 1.60. The van der Waals surface area contributed by atoms with Crippen LogP contribution in [-0.4, -0.2) is 20.9 Å². The van der Waals surface area contributed by atoms with Crippen molar-refractivity contribution in [1.29, 1.82) is 0 Å². The second-order valence-corrected chi connectivity index (χ2v) is 6.34. The van der Waals surface area contributed by atoms with Gasteiger partial charge in [0, 0.05) is 35.3 Å². The summed E-state index contributed by atoms with van der Waals surface area (Å²) in [6.45, 7) is 6.32. The number of thiophene rings is 1. The highest BCUT2D eigenvalue weighted by molar-refractivity contribution is 7.10. The van der Waals surface area contributed by atoms with Gasteiger partial charge in [-0.3, -0.25) is 4.68 Å². The molecule has 0 amide bonds. The van der Waals surface area contributed by atoms with Gasteiger partial charge in [-0.1, -0.05) is 6.07 Å². The van der Waals surface area contributed by atoms with E-state index in [1.165, 1.54) is 11.3 Å². The number of aliphatic hydroxyl groups excluding tert-OH is 1. The van der Waals surface area contributed by atoms with Crippen LogP contribution >= 0.6 is 11.3 Å². The molecule has 3 atom stereocenters. The maximum absolute atomic E-state index is 10.2. The summed E-state index contributed by atoms with van der Waals surface area (Å²) < 4.78 is 1.89. The first-order chi connectivity index (χ1) is 9.49. The summed E-state index contributed by atoms with van der Waals surface area (Å²) in [5.74, 6) is 0. The molecule has 4 nitrogen and oxygen atoms in total. The van der Waals surface area contributed by atoms with Gasteiger partial charge in [-0.15, -0.1) is 11.3 Å². The molecule has 2 aromatic heterocycles. The summed E-state index contributed by atoms with van der Waals surface area (Å²) in [5, 5.41) is 20.0. The maximum Gasteiger partial charge on any atom is 0.0896 e. The molecule has 0 saturated carbocycles. The molecule has 0 bridgehead atoms. The van der Waals surface area contributed by atoms with Crippen LogP contribution in [0.15, 0.2) is 23.7 Å². The molecule has 0 radical (unpaired) electrons. The van der Waals surface area contributed by atoms with Crippen molar-refractivity contribution in [3.05, 3.63) is 39.8 Å². The van der Waals surface area contributed by atoms with Crippen LogP contribution < -0.4 is 5.32 Å². The van der Waals surface area contributed by atoms with E-state index in [1.807, 2.05) is 35.4 Å². The van der Waals surface area contributed by atoms with Crippen molar-refractivity contribution in [3.63, 3.8) is 0 Å². The Kier molecular flexibility index (Phi) is 4.96. The predicted molar refractivity (Wildman–Crippen MR) is 82.9 cm³/mol. The molecule has 20 heavy (non-hydrogen) atoms. The minimum atomic E-state index is -0.389. The van der Waals surface area contributed by atoms with Crippen molar-refractivity contribution in [2.24, 2.45) is 7.05 Å². The zero-order chi connectivity index (χ0) is 14.7. The molecule has 2 aromatic rings. The van der Waals surface area contributed by atoms with E-state index in [0.29, 0.717) is 6.42 Å². The SMILES string of the molecule is Cc1c(C(C)NC(C)CC(O)c2cccs2)cnn1C.